The highest BCUT2D eigenvalue weighted by molar-refractivity contribution is 7.80. The fourth-order valence-electron chi connectivity index (χ4n) is 0.965. The molecular formula is C9H8F4N2S. The minimum atomic E-state index is -4.00. The maximum absolute atomic E-state index is 12.6. The van der Waals surface area contributed by atoms with Crippen LogP contribution in [0, 0.1) is 5.82 Å². The monoisotopic (exact) mass is 252 g/mol. The van der Waals surface area contributed by atoms with E-state index < -0.39 is 6.18 Å². The highest BCUT2D eigenvalue weighted by Gasteiger charge is 2.15. The normalized spacial score (nSPS) is 11.1. The molecule has 0 aliphatic carbocycles. The van der Waals surface area contributed by atoms with Gasteiger partial charge in [-0.05, 0) is 12.1 Å². The van der Waals surface area contributed by atoms with Crippen LogP contribution in [0.2, 0.25) is 0 Å². The second-order valence-electron chi connectivity index (χ2n) is 3.00. The van der Waals surface area contributed by atoms with Gasteiger partial charge in [0, 0.05) is 13.0 Å². The van der Waals surface area contributed by atoms with Crippen molar-refractivity contribution >= 4 is 23.7 Å². The van der Waals surface area contributed by atoms with Crippen molar-refractivity contribution in [3.05, 3.63) is 24.0 Å². The van der Waals surface area contributed by atoms with Gasteiger partial charge in [0.1, 0.15) is 5.82 Å². The van der Waals surface area contributed by atoms with E-state index in [9.17, 15) is 17.6 Å². The SMILES string of the molecule is CC(F)(F)F.Fc1ccc2[nH]c(S)nc2c1. The van der Waals surface area contributed by atoms with Crippen molar-refractivity contribution in [2.24, 2.45) is 0 Å². The molecule has 0 unspecified atom stereocenters. The van der Waals surface area contributed by atoms with Gasteiger partial charge < -0.3 is 4.98 Å². The summed E-state index contributed by atoms with van der Waals surface area (Å²) in [5.74, 6) is -0.280. The molecule has 0 spiro atoms. The van der Waals surface area contributed by atoms with Crippen LogP contribution >= 0.6 is 12.6 Å². The lowest BCUT2D eigenvalue weighted by Gasteiger charge is -1.88. The van der Waals surface area contributed by atoms with Gasteiger partial charge in [0.15, 0.2) is 5.16 Å². The molecule has 2 rings (SSSR count). The molecule has 0 bridgehead atoms. The van der Waals surface area contributed by atoms with Gasteiger partial charge in [0.25, 0.3) is 0 Å². The number of aromatic nitrogens is 2. The van der Waals surface area contributed by atoms with Gasteiger partial charge in [0.2, 0.25) is 0 Å². The van der Waals surface area contributed by atoms with Gasteiger partial charge in [0.05, 0.1) is 11.0 Å². The Kier molecular flexibility index (Phi) is 3.79. The molecule has 0 saturated carbocycles. The number of halogens is 4. The number of benzene rings is 1. The summed E-state index contributed by atoms with van der Waals surface area (Å²) in [5, 5.41) is 0.505. The number of nitrogens with one attached hydrogen (secondary N) is 1. The zero-order valence-electron chi connectivity index (χ0n) is 8.14. The first-order valence-corrected chi connectivity index (χ1v) is 4.61. The average Bonchev–Trinajstić information content (AvgIpc) is 2.40. The fourth-order valence-corrected chi connectivity index (χ4v) is 1.19. The molecule has 16 heavy (non-hydrogen) atoms. The molecule has 0 atom stereocenters. The van der Waals surface area contributed by atoms with E-state index in [-0.39, 0.29) is 12.7 Å². The Balaban J connectivity index is 0.000000221. The molecule has 0 aliphatic heterocycles. The smallest absolute Gasteiger partial charge is 0.333 e. The van der Waals surface area contributed by atoms with Crippen LogP contribution in [0.15, 0.2) is 23.4 Å². The van der Waals surface area contributed by atoms with Gasteiger partial charge >= 0.3 is 6.18 Å². The average molecular weight is 252 g/mol. The minimum Gasteiger partial charge on any atom is -0.333 e. The second-order valence-corrected chi connectivity index (χ2v) is 3.43. The molecule has 1 aromatic heterocycles. The van der Waals surface area contributed by atoms with Gasteiger partial charge in [-0.25, -0.2) is 9.37 Å². The first-order chi connectivity index (χ1) is 7.25. The minimum absolute atomic E-state index is 0.188. The topological polar surface area (TPSA) is 28.7 Å². The third-order valence-electron chi connectivity index (χ3n) is 1.43. The Morgan fingerprint density at radius 2 is 1.88 bits per heavy atom. The Bertz CT molecular complexity index is 472. The molecule has 0 aliphatic rings. The molecule has 0 amide bonds. The van der Waals surface area contributed by atoms with Gasteiger partial charge in [-0.1, -0.05) is 0 Å². The van der Waals surface area contributed by atoms with Crippen molar-refractivity contribution in [1.29, 1.82) is 0 Å². The fraction of sp³-hybridized carbons (Fsp3) is 0.222. The molecule has 2 nitrogen and oxygen atoms in total. The van der Waals surface area contributed by atoms with Crippen molar-refractivity contribution in [3.8, 4) is 0 Å². The number of hydrogen-bond donors (Lipinski definition) is 2. The lowest BCUT2D eigenvalue weighted by atomic mass is 10.3. The standard InChI is InChI=1S/C7H5FN2S.C2H3F3/c8-4-1-2-5-6(3-4)10-7(11)9-5;1-2(3,4)5/h1-3H,(H2,9,10,11);1H3. The number of H-pyrrole nitrogens is 1. The number of imidazole rings is 1. The highest BCUT2D eigenvalue weighted by Crippen LogP contribution is 2.14. The first kappa shape index (κ1) is 12.8. The summed E-state index contributed by atoms with van der Waals surface area (Å²) in [7, 11) is 0. The third kappa shape index (κ3) is 4.52. The van der Waals surface area contributed by atoms with E-state index >= 15 is 0 Å². The maximum Gasteiger partial charge on any atom is 0.386 e. The van der Waals surface area contributed by atoms with Crippen LogP contribution in [0.3, 0.4) is 0 Å². The second kappa shape index (κ2) is 4.73. The maximum atomic E-state index is 12.6. The summed E-state index contributed by atoms with van der Waals surface area (Å²) in [6.45, 7) is 0.188. The van der Waals surface area contributed by atoms with E-state index in [1.807, 2.05) is 0 Å². The predicted octanol–water partition coefficient (Wildman–Crippen LogP) is 3.56. The molecule has 0 fully saturated rings. The van der Waals surface area contributed by atoms with Crippen molar-refractivity contribution in [1.82, 2.24) is 9.97 Å². The number of fused-ring (bicyclic) bond motifs is 1. The summed E-state index contributed by atoms with van der Waals surface area (Å²) in [5.41, 5.74) is 1.41. The Labute approximate surface area is 94.1 Å². The summed E-state index contributed by atoms with van der Waals surface area (Å²) in [4.78, 5) is 6.81. The molecular weight excluding hydrogens is 244 g/mol. The van der Waals surface area contributed by atoms with Crippen molar-refractivity contribution < 1.29 is 17.6 Å². The lowest BCUT2D eigenvalue weighted by molar-refractivity contribution is -0.110. The van der Waals surface area contributed by atoms with E-state index in [1.54, 1.807) is 6.07 Å². The van der Waals surface area contributed by atoms with Crippen LogP contribution in [0.5, 0.6) is 0 Å². The first-order valence-electron chi connectivity index (χ1n) is 4.16. The molecule has 7 heteroatoms. The van der Waals surface area contributed by atoms with Crippen LogP contribution in [0.4, 0.5) is 17.6 Å². The van der Waals surface area contributed by atoms with E-state index in [0.29, 0.717) is 10.7 Å². The number of alkyl halides is 3. The van der Waals surface area contributed by atoms with Gasteiger partial charge in [-0.15, -0.1) is 12.6 Å². The molecule has 0 radical (unpaired) electrons. The zero-order valence-corrected chi connectivity index (χ0v) is 9.03. The van der Waals surface area contributed by atoms with Crippen LogP contribution in [-0.2, 0) is 0 Å². The molecule has 1 N–H and O–H groups in total. The van der Waals surface area contributed by atoms with E-state index in [0.717, 1.165) is 5.52 Å². The number of thiol groups is 1. The van der Waals surface area contributed by atoms with Crippen LogP contribution in [0.1, 0.15) is 6.92 Å². The summed E-state index contributed by atoms with van der Waals surface area (Å²) >= 11 is 3.99. The quantitative estimate of drug-likeness (QED) is 0.544. The van der Waals surface area contributed by atoms with E-state index in [4.69, 9.17) is 0 Å². The Morgan fingerprint density at radius 3 is 2.44 bits per heavy atom. The van der Waals surface area contributed by atoms with Crippen LogP contribution < -0.4 is 0 Å². The molecule has 1 aromatic carbocycles. The molecule has 2 aromatic rings. The zero-order chi connectivity index (χ0) is 12.3. The predicted molar refractivity (Wildman–Crippen MR) is 55.0 cm³/mol. The van der Waals surface area contributed by atoms with Crippen LogP contribution in [-0.4, -0.2) is 16.1 Å². The molecule has 1 heterocycles. The number of aromatic amines is 1. The summed E-state index contributed by atoms with van der Waals surface area (Å²) < 4.78 is 43.6. The largest absolute Gasteiger partial charge is 0.386 e. The molecule has 0 saturated heterocycles. The summed E-state index contributed by atoms with van der Waals surface area (Å²) in [6.07, 6.45) is -4.00. The van der Waals surface area contributed by atoms with Crippen molar-refractivity contribution in [3.63, 3.8) is 0 Å². The Morgan fingerprint density at radius 1 is 1.31 bits per heavy atom. The number of hydrogen-bond acceptors (Lipinski definition) is 2. The number of rotatable bonds is 0. The van der Waals surface area contributed by atoms with Crippen LogP contribution in [0.25, 0.3) is 11.0 Å². The lowest BCUT2D eigenvalue weighted by Crippen LogP contribution is -1.95. The summed E-state index contributed by atoms with van der Waals surface area (Å²) in [6, 6.07) is 4.39. The van der Waals surface area contributed by atoms with Gasteiger partial charge in [-0.3, -0.25) is 0 Å². The Hall–Kier alpha value is -1.24. The van der Waals surface area contributed by atoms with Gasteiger partial charge in [-0.2, -0.15) is 13.2 Å². The van der Waals surface area contributed by atoms with E-state index in [2.05, 4.69) is 22.6 Å². The van der Waals surface area contributed by atoms with E-state index in [1.165, 1.54) is 12.1 Å². The third-order valence-corrected chi connectivity index (χ3v) is 1.64. The van der Waals surface area contributed by atoms with Crippen molar-refractivity contribution in [2.45, 2.75) is 18.3 Å². The van der Waals surface area contributed by atoms with Crippen molar-refractivity contribution in [2.75, 3.05) is 0 Å². The number of nitrogens with zero attached hydrogens (tertiary/aromatic N) is 1. The highest BCUT2D eigenvalue weighted by atomic mass is 32.1. The molecule has 88 valence electrons.